The van der Waals surface area contributed by atoms with Crippen LogP contribution in [0.5, 0.6) is 11.5 Å². The first-order valence-corrected chi connectivity index (χ1v) is 7.92. The molecule has 124 valence electrons. The summed E-state index contributed by atoms with van der Waals surface area (Å²) in [5.74, 6) is 2.00. The molecule has 1 aliphatic heterocycles. The number of nitrogens with zero attached hydrogens (tertiary/aromatic N) is 1. The topological polar surface area (TPSA) is 47.7 Å². The largest absolute Gasteiger partial charge is 0.493 e. The number of hydrogen-bond donors (Lipinski definition) is 1. The standard InChI is InChI=1S/C16H23BrN2O2.ClH/c1-4-5-21-16-13(17)6-12(7-15(16)20-3)9-19-8-11(2)14(18)10-19;/h4,6-7,11,14H,1,5,8-10,18H2,2-3H3;1H. The first-order valence-electron chi connectivity index (χ1n) is 7.13. The molecule has 0 aliphatic carbocycles. The minimum atomic E-state index is 0. The third kappa shape index (κ3) is 4.62. The highest BCUT2D eigenvalue weighted by atomic mass is 79.9. The lowest BCUT2D eigenvalue weighted by Gasteiger charge is -2.18. The predicted molar refractivity (Wildman–Crippen MR) is 96.1 cm³/mol. The van der Waals surface area contributed by atoms with E-state index < -0.39 is 0 Å². The van der Waals surface area contributed by atoms with Crippen LogP contribution in [0, 0.1) is 5.92 Å². The second kappa shape index (κ2) is 8.77. The van der Waals surface area contributed by atoms with Gasteiger partial charge in [-0.25, -0.2) is 0 Å². The maximum atomic E-state index is 6.08. The summed E-state index contributed by atoms with van der Waals surface area (Å²) in [7, 11) is 1.65. The van der Waals surface area contributed by atoms with Gasteiger partial charge in [-0.3, -0.25) is 4.90 Å². The molecule has 1 aromatic rings. The van der Waals surface area contributed by atoms with Crippen LogP contribution in [0.25, 0.3) is 0 Å². The third-order valence-corrected chi connectivity index (χ3v) is 4.38. The van der Waals surface area contributed by atoms with Crippen LogP contribution in [0.4, 0.5) is 0 Å². The molecule has 0 bridgehead atoms. The molecular formula is C16H24BrClN2O2. The molecule has 1 heterocycles. The highest BCUT2D eigenvalue weighted by molar-refractivity contribution is 9.10. The Bertz CT molecular complexity index is 503. The lowest BCUT2D eigenvalue weighted by Crippen LogP contribution is -2.28. The summed E-state index contributed by atoms with van der Waals surface area (Å²) < 4.78 is 12.0. The molecule has 1 fully saturated rings. The Morgan fingerprint density at radius 2 is 2.18 bits per heavy atom. The Kier molecular flexibility index (Phi) is 7.69. The number of nitrogens with two attached hydrogens (primary N) is 1. The van der Waals surface area contributed by atoms with Crippen LogP contribution in [-0.2, 0) is 6.54 Å². The summed E-state index contributed by atoms with van der Waals surface area (Å²) in [5.41, 5.74) is 7.27. The monoisotopic (exact) mass is 390 g/mol. The molecule has 0 radical (unpaired) electrons. The molecule has 1 saturated heterocycles. The average Bonchev–Trinajstić information content (AvgIpc) is 2.75. The smallest absolute Gasteiger partial charge is 0.175 e. The number of ether oxygens (including phenoxy) is 2. The van der Waals surface area contributed by atoms with Crippen LogP contribution >= 0.6 is 28.3 Å². The molecule has 1 aromatic carbocycles. The van der Waals surface area contributed by atoms with Crippen molar-refractivity contribution in [1.29, 1.82) is 0 Å². The zero-order chi connectivity index (χ0) is 15.4. The van der Waals surface area contributed by atoms with E-state index >= 15 is 0 Å². The summed E-state index contributed by atoms with van der Waals surface area (Å²) in [6.07, 6.45) is 1.72. The molecule has 0 aromatic heterocycles. The second-order valence-electron chi connectivity index (χ2n) is 5.54. The van der Waals surface area contributed by atoms with Crippen molar-refractivity contribution in [2.24, 2.45) is 11.7 Å². The van der Waals surface area contributed by atoms with Gasteiger partial charge in [0.2, 0.25) is 0 Å². The summed E-state index contributed by atoms with van der Waals surface area (Å²) in [5, 5.41) is 0. The highest BCUT2D eigenvalue weighted by Gasteiger charge is 2.26. The van der Waals surface area contributed by atoms with Crippen molar-refractivity contribution in [3.8, 4) is 11.5 Å². The highest BCUT2D eigenvalue weighted by Crippen LogP contribution is 2.37. The lowest BCUT2D eigenvalue weighted by atomic mass is 10.1. The first-order chi connectivity index (χ1) is 10.0. The predicted octanol–water partition coefficient (Wildman–Crippen LogP) is 3.22. The molecule has 22 heavy (non-hydrogen) atoms. The van der Waals surface area contributed by atoms with Gasteiger partial charge in [0.1, 0.15) is 6.61 Å². The summed E-state index contributed by atoms with van der Waals surface area (Å²) in [6, 6.07) is 4.37. The number of likely N-dealkylation sites (tertiary alicyclic amines) is 1. The maximum absolute atomic E-state index is 6.08. The Labute approximate surface area is 147 Å². The first kappa shape index (κ1) is 19.3. The van der Waals surface area contributed by atoms with Gasteiger partial charge < -0.3 is 15.2 Å². The van der Waals surface area contributed by atoms with Gasteiger partial charge in [0.15, 0.2) is 11.5 Å². The van der Waals surface area contributed by atoms with E-state index in [1.807, 2.05) is 6.07 Å². The van der Waals surface area contributed by atoms with E-state index in [4.69, 9.17) is 15.2 Å². The van der Waals surface area contributed by atoms with Crippen molar-refractivity contribution in [1.82, 2.24) is 4.90 Å². The van der Waals surface area contributed by atoms with E-state index in [-0.39, 0.29) is 18.4 Å². The number of methoxy groups -OCH3 is 1. The molecule has 1 aliphatic rings. The van der Waals surface area contributed by atoms with Gasteiger partial charge in [-0.2, -0.15) is 0 Å². The van der Waals surface area contributed by atoms with Crippen molar-refractivity contribution in [2.45, 2.75) is 19.5 Å². The van der Waals surface area contributed by atoms with E-state index in [1.165, 1.54) is 5.56 Å². The number of rotatable bonds is 6. The molecule has 0 saturated carbocycles. The van der Waals surface area contributed by atoms with Crippen LogP contribution in [-0.4, -0.2) is 37.7 Å². The Morgan fingerprint density at radius 3 is 2.73 bits per heavy atom. The van der Waals surface area contributed by atoms with Gasteiger partial charge in [-0.15, -0.1) is 12.4 Å². The zero-order valence-electron chi connectivity index (χ0n) is 13.0. The van der Waals surface area contributed by atoms with Gasteiger partial charge >= 0.3 is 0 Å². The second-order valence-corrected chi connectivity index (χ2v) is 6.40. The van der Waals surface area contributed by atoms with Crippen molar-refractivity contribution < 1.29 is 9.47 Å². The fourth-order valence-corrected chi connectivity index (χ4v) is 3.23. The molecule has 4 nitrogen and oxygen atoms in total. The van der Waals surface area contributed by atoms with Crippen molar-refractivity contribution in [3.05, 3.63) is 34.8 Å². The van der Waals surface area contributed by atoms with Crippen LogP contribution in [0.3, 0.4) is 0 Å². The molecule has 2 unspecified atom stereocenters. The number of benzene rings is 1. The lowest BCUT2D eigenvalue weighted by molar-refractivity contribution is 0.312. The number of halogens is 2. The van der Waals surface area contributed by atoms with Gasteiger partial charge in [0.05, 0.1) is 11.6 Å². The third-order valence-electron chi connectivity index (χ3n) is 3.79. The van der Waals surface area contributed by atoms with Crippen LogP contribution in [0.1, 0.15) is 12.5 Å². The Hall–Kier alpha value is -0.750. The van der Waals surface area contributed by atoms with Gasteiger partial charge in [0.25, 0.3) is 0 Å². The van der Waals surface area contributed by atoms with Crippen LogP contribution in [0.2, 0.25) is 0 Å². The molecule has 2 N–H and O–H groups in total. The molecule has 2 rings (SSSR count). The SMILES string of the molecule is C=CCOc1c(Br)cc(CN2CC(C)C(N)C2)cc1OC.Cl. The molecule has 0 amide bonds. The summed E-state index contributed by atoms with van der Waals surface area (Å²) >= 11 is 3.56. The van der Waals surface area contributed by atoms with Crippen molar-refractivity contribution in [3.63, 3.8) is 0 Å². The van der Waals surface area contributed by atoms with Gasteiger partial charge in [-0.1, -0.05) is 19.6 Å². The Morgan fingerprint density at radius 1 is 1.45 bits per heavy atom. The van der Waals surface area contributed by atoms with Crippen LogP contribution < -0.4 is 15.2 Å². The van der Waals surface area contributed by atoms with Crippen LogP contribution in [0.15, 0.2) is 29.3 Å². The summed E-state index contributed by atoms with van der Waals surface area (Å²) in [6.45, 7) is 9.16. The minimum absolute atomic E-state index is 0. The van der Waals surface area contributed by atoms with Gasteiger partial charge in [-0.05, 0) is 39.5 Å². The fraction of sp³-hybridized carbons (Fsp3) is 0.500. The number of hydrogen-bond acceptors (Lipinski definition) is 4. The maximum Gasteiger partial charge on any atom is 0.175 e. The van der Waals surface area contributed by atoms with E-state index in [0.29, 0.717) is 18.3 Å². The van der Waals surface area contributed by atoms with Crippen molar-refractivity contribution >= 4 is 28.3 Å². The molecule has 0 spiro atoms. The van der Waals surface area contributed by atoms with E-state index in [0.717, 1.165) is 29.9 Å². The average molecular weight is 392 g/mol. The minimum Gasteiger partial charge on any atom is -0.493 e. The molecule has 2 atom stereocenters. The van der Waals surface area contributed by atoms with Crippen molar-refractivity contribution in [2.75, 3.05) is 26.8 Å². The zero-order valence-corrected chi connectivity index (χ0v) is 15.5. The quantitative estimate of drug-likeness (QED) is 0.756. The molecular weight excluding hydrogens is 368 g/mol. The fourth-order valence-electron chi connectivity index (χ4n) is 2.63. The van der Waals surface area contributed by atoms with E-state index in [9.17, 15) is 0 Å². The molecule has 6 heteroatoms. The van der Waals surface area contributed by atoms with E-state index in [1.54, 1.807) is 13.2 Å². The Balaban J connectivity index is 0.00000242. The normalized spacial score (nSPS) is 21.3. The van der Waals surface area contributed by atoms with E-state index in [2.05, 4.69) is 40.4 Å². The summed E-state index contributed by atoms with van der Waals surface area (Å²) in [4.78, 5) is 2.38. The van der Waals surface area contributed by atoms with Gasteiger partial charge in [0, 0.05) is 25.7 Å².